The number of H-pyrrole nitrogens is 1. The van der Waals surface area contributed by atoms with Crippen LogP contribution in [0.2, 0.25) is 0 Å². The lowest BCUT2D eigenvalue weighted by Gasteiger charge is -2.14. The number of hydrogen-bond acceptors (Lipinski definition) is 3. The molecular weight excluding hydrogens is 218 g/mol. The van der Waals surface area contributed by atoms with Crippen LogP contribution in [0.15, 0.2) is 16.9 Å². The van der Waals surface area contributed by atoms with Crippen molar-refractivity contribution in [2.45, 2.75) is 44.2 Å². The number of ether oxygens (including phenoxy) is 1. The van der Waals surface area contributed by atoms with Crippen molar-refractivity contribution in [3.8, 4) is 0 Å². The fourth-order valence-electron chi connectivity index (χ4n) is 2.64. The summed E-state index contributed by atoms with van der Waals surface area (Å²) in [5.74, 6) is 1.24. The van der Waals surface area contributed by atoms with Crippen molar-refractivity contribution in [1.29, 1.82) is 0 Å². The second-order valence-corrected chi connectivity index (χ2v) is 4.77. The zero-order chi connectivity index (χ0) is 11.7. The highest BCUT2D eigenvalue weighted by atomic mass is 16.5. The first-order valence-electron chi connectivity index (χ1n) is 6.26. The summed E-state index contributed by atoms with van der Waals surface area (Å²) in [6.45, 7) is 1.46. The van der Waals surface area contributed by atoms with Crippen LogP contribution in [0.5, 0.6) is 0 Å². The van der Waals surface area contributed by atoms with Crippen LogP contribution in [0, 0.1) is 0 Å². The van der Waals surface area contributed by atoms with Gasteiger partial charge in [0.25, 0.3) is 0 Å². The van der Waals surface area contributed by atoms with Gasteiger partial charge in [-0.1, -0.05) is 12.2 Å². The van der Waals surface area contributed by atoms with E-state index in [4.69, 9.17) is 4.74 Å². The summed E-state index contributed by atoms with van der Waals surface area (Å²) in [7, 11) is 0. The van der Waals surface area contributed by atoms with E-state index >= 15 is 0 Å². The van der Waals surface area contributed by atoms with Crippen molar-refractivity contribution in [3.05, 3.63) is 28.5 Å². The molecule has 1 N–H and O–H groups in total. The van der Waals surface area contributed by atoms with Crippen LogP contribution in [0.25, 0.3) is 0 Å². The molecule has 1 aliphatic heterocycles. The van der Waals surface area contributed by atoms with Crippen molar-refractivity contribution >= 4 is 0 Å². The van der Waals surface area contributed by atoms with Gasteiger partial charge in [0.05, 0.1) is 12.6 Å². The smallest absolute Gasteiger partial charge is 0.343 e. The molecule has 2 aliphatic rings. The second kappa shape index (κ2) is 4.49. The minimum Gasteiger partial charge on any atom is -0.376 e. The number of aromatic nitrogens is 3. The van der Waals surface area contributed by atoms with Gasteiger partial charge in [-0.3, -0.25) is 4.57 Å². The van der Waals surface area contributed by atoms with Crippen molar-refractivity contribution in [3.63, 3.8) is 0 Å². The molecule has 3 rings (SSSR count). The first-order valence-corrected chi connectivity index (χ1v) is 6.26. The highest BCUT2D eigenvalue weighted by molar-refractivity contribution is 5.09. The SMILES string of the molecule is O=c1[nH]nc(C2CC=CC2)n1C[C@H]1CCCO1. The molecule has 1 atom stereocenters. The molecule has 92 valence electrons. The van der Waals surface area contributed by atoms with Gasteiger partial charge in [0.15, 0.2) is 0 Å². The molecule has 5 heteroatoms. The lowest BCUT2D eigenvalue weighted by Crippen LogP contribution is -2.26. The number of nitrogens with one attached hydrogen (secondary N) is 1. The van der Waals surface area contributed by atoms with Crippen LogP contribution < -0.4 is 5.69 Å². The highest BCUT2D eigenvalue weighted by Crippen LogP contribution is 2.27. The Morgan fingerprint density at radius 3 is 3.00 bits per heavy atom. The predicted octanol–water partition coefficient (Wildman–Crippen LogP) is 1.18. The van der Waals surface area contributed by atoms with Gasteiger partial charge in [-0.05, 0) is 25.7 Å². The Morgan fingerprint density at radius 2 is 2.29 bits per heavy atom. The van der Waals surface area contributed by atoms with Gasteiger partial charge in [0.1, 0.15) is 5.82 Å². The molecule has 17 heavy (non-hydrogen) atoms. The zero-order valence-corrected chi connectivity index (χ0v) is 9.76. The van der Waals surface area contributed by atoms with Gasteiger partial charge >= 0.3 is 5.69 Å². The maximum Gasteiger partial charge on any atom is 0.343 e. The summed E-state index contributed by atoms with van der Waals surface area (Å²) in [5, 5.41) is 6.73. The third-order valence-corrected chi connectivity index (χ3v) is 3.57. The number of aromatic amines is 1. The topological polar surface area (TPSA) is 59.9 Å². The lowest BCUT2D eigenvalue weighted by molar-refractivity contribution is 0.0952. The summed E-state index contributed by atoms with van der Waals surface area (Å²) in [5.41, 5.74) is -0.109. The monoisotopic (exact) mass is 235 g/mol. The Labute approximate surface area is 99.5 Å². The summed E-state index contributed by atoms with van der Waals surface area (Å²) < 4.78 is 7.34. The molecule has 0 amide bonds. The van der Waals surface area contributed by atoms with Crippen LogP contribution in [0.3, 0.4) is 0 Å². The molecule has 1 aromatic rings. The Hall–Kier alpha value is -1.36. The highest BCUT2D eigenvalue weighted by Gasteiger charge is 2.24. The molecule has 0 saturated carbocycles. The Bertz CT molecular complexity index is 460. The van der Waals surface area contributed by atoms with Gasteiger partial charge in [0, 0.05) is 12.5 Å². The third kappa shape index (κ3) is 2.07. The van der Waals surface area contributed by atoms with E-state index in [1.54, 1.807) is 4.57 Å². The van der Waals surface area contributed by atoms with Crippen LogP contribution in [-0.4, -0.2) is 27.5 Å². The normalized spacial score (nSPS) is 24.8. The van der Waals surface area contributed by atoms with E-state index in [-0.39, 0.29) is 11.8 Å². The molecule has 2 heterocycles. The van der Waals surface area contributed by atoms with E-state index in [2.05, 4.69) is 22.3 Å². The van der Waals surface area contributed by atoms with Gasteiger partial charge in [0.2, 0.25) is 0 Å². The third-order valence-electron chi connectivity index (χ3n) is 3.57. The largest absolute Gasteiger partial charge is 0.376 e. The second-order valence-electron chi connectivity index (χ2n) is 4.77. The number of allylic oxidation sites excluding steroid dienone is 2. The van der Waals surface area contributed by atoms with Crippen LogP contribution in [-0.2, 0) is 11.3 Å². The average molecular weight is 235 g/mol. The van der Waals surface area contributed by atoms with E-state index in [1.807, 2.05) is 0 Å². The van der Waals surface area contributed by atoms with E-state index in [9.17, 15) is 4.79 Å². The minimum atomic E-state index is -0.109. The van der Waals surface area contributed by atoms with Gasteiger partial charge < -0.3 is 4.74 Å². The Morgan fingerprint density at radius 1 is 1.47 bits per heavy atom. The quantitative estimate of drug-likeness (QED) is 0.800. The number of rotatable bonds is 3. The fraction of sp³-hybridized carbons (Fsp3) is 0.667. The molecular formula is C12H17N3O2. The van der Waals surface area contributed by atoms with Gasteiger partial charge in [-0.25, -0.2) is 9.89 Å². The molecule has 0 unspecified atom stereocenters. The maximum absolute atomic E-state index is 11.8. The molecule has 0 aromatic carbocycles. The van der Waals surface area contributed by atoms with Gasteiger partial charge in [-0.2, -0.15) is 5.10 Å². The van der Waals surface area contributed by atoms with Crippen LogP contribution in [0.4, 0.5) is 0 Å². The first-order chi connectivity index (χ1) is 8.34. The summed E-state index contributed by atoms with van der Waals surface area (Å²) in [4.78, 5) is 11.8. The van der Waals surface area contributed by atoms with Crippen molar-refractivity contribution in [1.82, 2.24) is 14.8 Å². The van der Waals surface area contributed by atoms with Gasteiger partial charge in [-0.15, -0.1) is 0 Å². The minimum absolute atomic E-state index is 0.109. The molecule has 1 saturated heterocycles. The standard InChI is InChI=1S/C12H17N3O2/c16-12-14-13-11(9-4-1-2-5-9)15(12)8-10-6-3-7-17-10/h1-2,9-10H,3-8H2,(H,14,16)/t10-/m1/s1. The molecule has 1 aliphatic carbocycles. The number of nitrogens with zero attached hydrogens (tertiary/aromatic N) is 2. The van der Waals surface area contributed by atoms with E-state index in [0.29, 0.717) is 12.5 Å². The van der Waals surface area contributed by atoms with Crippen LogP contribution >= 0.6 is 0 Å². The summed E-state index contributed by atoms with van der Waals surface area (Å²) in [6.07, 6.45) is 8.59. The molecule has 0 bridgehead atoms. The van der Waals surface area contributed by atoms with Crippen molar-refractivity contribution in [2.75, 3.05) is 6.61 Å². The molecule has 0 spiro atoms. The molecule has 0 radical (unpaired) electrons. The lowest BCUT2D eigenvalue weighted by atomic mass is 10.1. The predicted molar refractivity (Wildman–Crippen MR) is 62.9 cm³/mol. The van der Waals surface area contributed by atoms with Crippen molar-refractivity contribution in [2.24, 2.45) is 0 Å². The zero-order valence-electron chi connectivity index (χ0n) is 9.76. The summed E-state index contributed by atoms with van der Waals surface area (Å²) >= 11 is 0. The van der Waals surface area contributed by atoms with E-state index in [1.165, 1.54) is 0 Å². The van der Waals surface area contributed by atoms with E-state index < -0.39 is 0 Å². The maximum atomic E-state index is 11.8. The molecule has 1 fully saturated rings. The molecule has 1 aromatic heterocycles. The summed E-state index contributed by atoms with van der Waals surface area (Å²) in [6, 6.07) is 0. The first kappa shape index (κ1) is 10.8. The average Bonchev–Trinajstić information content (AvgIpc) is 3.03. The number of hydrogen-bond donors (Lipinski definition) is 1. The van der Waals surface area contributed by atoms with Crippen LogP contribution in [0.1, 0.15) is 37.4 Å². The van der Waals surface area contributed by atoms with E-state index in [0.717, 1.165) is 38.1 Å². The van der Waals surface area contributed by atoms with Crippen molar-refractivity contribution < 1.29 is 4.74 Å². The Balaban J connectivity index is 1.81. The fourth-order valence-corrected chi connectivity index (χ4v) is 2.64. The Kier molecular flexibility index (Phi) is 2.84. The molecule has 5 nitrogen and oxygen atoms in total.